The van der Waals surface area contributed by atoms with Gasteiger partial charge in [-0.25, -0.2) is 0 Å². The third-order valence-electron chi connectivity index (χ3n) is 4.53. The Labute approximate surface area is 170 Å². The van der Waals surface area contributed by atoms with Gasteiger partial charge in [0, 0.05) is 22.8 Å². The summed E-state index contributed by atoms with van der Waals surface area (Å²) in [6.45, 7) is 1.97. The highest BCUT2D eigenvalue weighted by molar-refractivity contribution is 5.93. The number of benzene rings is 2. The predicted molar refractivity (Wildman–Crippen MR) is 109 cm³/mol. The highest BCUT2D eigenvalue weighted by Gasteiger charge is 2.34. The van der Waals surface area contributed by atoms with Crippen LogP contribution in [0, 0.1) is 6.92 Å². The molecule has 4 rings (SSSR count). The van der Waals surface area contributed by atoms with Gasteiger partial charge in [0.15, 0.2) is 0 Å². The first kappa shape index (κ1) is 19.6. The van der Waals surface area contributed by atoms with Gasteiger partial charge in [0.25, 0.3) is 0 Å². The van der Waals surface area contributed by atoms with Crippen molar-refractivity contribution < 1.29 is 17.9 Å². The molecular weight excluding hydrogens is 393 g/mol. The van der Waals surface area contributed by atoms with E-state index in [2.05, 4.69) is 20.3 Å². The second kappa shape index (κ2) is 7.62. The van der Waals surface area contributed by atoms with E-state index >= 15 is 0 Å². The summed E-state index contributed by atoms with van der Waals surface area (Å²) >= 11 is 0. The zero-order valence-electron chi connectivity index (χ0n) is 16.2. The van der Waals surface area contributed by atoms with Crippen LogP contribution in [0.3, 0.4) is 0 Å². The second-order valence-corrected chi connectivity index (χ2v) is 6.68. The normalized spacial score (nSPS) is 11.5. The van der Waals surface area contributed by atoms with Crippen molar-refractivity contribution in [3.63, 3.8) is 0 Å². The average molecular weight is 410 g/mol. The molecule has 2 aromatic heterocycles. The van der Waals surface area contributed by atoms with Gasteiger partial charge in [-0.3, -0.25) is 4.98 Å². The third-order valence-corrected chi connectivity index (χ3v) is 4.53. The molecule has 0 fully saturated rings. The van der Waals surface area contributed by atoms with E-state index in [1.807, 2.05) is 31.2 Å². The maximum absolute atomic E-state index is 13.4. The summed E-state index contributed by atoms with van der Waals surface area (Å²) in [5, 5.41) is 3.87. The van der Waals surface area contributed by atoms with Gasteiger partial charge >= 0.3 is 12.2 Å². The molecule has 0 bridgehead atoms. The molecule has 0 saturated carbocycles. The molecule has 30 heavy (non-hydrogen) atoms. The van der Waals surface area contributed by atoms with E-state index < -0.39 is 11.7 Å². The summed E-state index contributed by atoms with van der Waals surface area (Å²) in [4.78, 5) is 12.6. The van der Waals surface area contributed by atoms with E-state index in [0.717, 1.165) is 17.3 Å². The van der Waals surface area contributed by atoms with Crippen LogP contribution in [0.5, 0.6) is 6.01 Å². The summed E-state index contributed by atoms with van der Waals surface area (Å²) < 4.78 is 45.4. The fourth-order valence-corrected chi connectivity index (χ4v) is 3.17. The summed E-state index contributed by atoms with van der Waals surface area (Å²) in [5.41, 5.74) is 1.68. The first-order chi connectivity index (χ1) is 14.3. The molecule has 0 aliphatic carbocycles. The zero-order chi connectivity index (χ0) is 21.3. The van der Waals surface area contributed by atoms with Crippen molar-refractivity contribution in [2.45, 2.75) is 13.1 Å². The van der Waals surface area contributed by atoms with Crippen molar-refractivity contribution in [1.29, 1.82) is 0 Å². The Morgan fingerprint density at radius 1 is 0.967 bits per heavy atom. The van der Waals surface area contributed by atoms with Crippen LogP contribution in [0.25, 0.3) is 22.2 Å². The Morgan fingerprint density at radius 2 is 1.80 bits per heavy atom. The van der Waals surface area contributed by atoms with Crippen molar-refractivity contribution in [1.82, 2.24) is 15.0 Å². The standard InChI is InChI=1S/C22H17F3N4O/c1-13-5-3-6-15(11-13)27-20-16-9-8-14(12-18(16)28-21(29-20)30-2)19-17(22(23,24)25)7-4-10-26-19/h3-12H,1-2H3,(H,27,28,29). The lowest BCUT2D eigenvalue weighted by Gasteiger charge is -2.14. The number of aromatic nitrogens is 3. The summed E-state index contributed by atoms with van der Waals surface area (Å²) in [6.07, 6.45) is -3.18. The van der Waals surface area contributed by atoms with Crippen LogP contribution >= 0.6 is 0 Å². The van der Waals surface area contributed by atoms with Gasteiger partial charge < -0.3 is 10.1 Å². The number of fused-ring (bicyclic) bond motifs is 1. The molecule has 0 aliphatic heterocycles. The highest BCUT2D eigenvalue weighted by Crippen LogP contribution is 2.37. The Morgan fingerprint density at radius 3 is 2.53 bits per heavy atom. The fraction of sp³-hybridized carbons (Fsp3) is 0.136. The number of nitrogens with one attached hydrogen (secondary N) is 1. The number of rotatable bonds is 4. The molecule has 1 N–H and O–H groups in total. The summed E-state index contributed by atoms with van der Waals surface area (Å²) in [7, 11) is 1.43. The molecule has 0 atom stereocenters. The minimum atomic E-state index is -4.51. The lowest BCUT2D eigenvalue weighted by atomic mass is 10.0. The average Bonchev–Trinajstić information content (AvgIpc) is 2.72. The first-order valence-corrected chi connectivity index (χ1v) is 9.07. The molecule has 0 radical (unpaired) electrons. The van der Waals surface area contributed by atoms with Crippen molar-refractivity contribution in [3.8, 4) is 17.3 Å². The molecule has 152 valence electrons. The van der Waals surface area contributed by atoms with E-state index in [4.69, 9.17) is 4.74 Å². The van der Waals surface area contributed by atoms with E-state index in [0.29, 0.717) is 22.3 Å². The van der Waals surface area contributed by atoms with Crippen molar-refractivity contribution in [2.24, 2.45) is 0 Å². The van der Waals surface area contributed by atoms with Gasteiger partial charge in [0.2, 0.25) is 0 Å². The number of aryl methyl sites for hydroxylation is 1. The van der Waals surface area contributed by atoms with Crippen LogP contribution < -0.4 is 10.1 Å². The van der Waals surface area contributed by atoms with Crippen LogP contribution in [0.4, 0.5) is 24.7 Å². The SMILES string of the molecule is COc1nc(Nc2cccc(C)c2)c2ccc(-c3ncccc3C(F)(F)F)cc2n1. The van der Waals surface area contributed by atoms with Crippen molar-refractivity contribution in [3.05, 3.63) is 71.9 Å². The van der Waals surface area contributed by atoms with Gasteiger partial charge in [-0.05, 0) is 48.9 Å². The van der Waals surface area contributed by atoms with Crippen LogP contribution in [-0.4, -0.2) is 22.1 Å². The number of nitrogens with zero attached hydrogens (tertiary/aromatic N) is 3. The molecule has 0 spiro atoms. The van der Waals surface area contributed by atoms with Gasteiger partial charge in [0.05, 0.1) is 23.9 Å². The largest absolute Gasteiger partial charge is 0.467 e. The van der Waals surface area contributed by atoms with E-state index in [1.54, 1.807) is 18.2 Å². The predicted octanol–water partition coefficient (Wildman–Crippen LogP) is 5.77. The molecule has 0 saturated heterocycles. The smallest absolute Gasteiger partial charge is 0.418 e. The second-order valence-electron chi connectivity index (χ2n) is 6.68. The number of anilines is 2. The number of hydrogen-bond donors (Lipinski definition) is 1. The van der Waals surface area contributed by atoms with Gasteiger partial charge in [-0.1, -0.05) is 18.2 Å². The quantitative estimate of drug-likeness (QED) is 0.463. The molecule has 8 heteroatoms. The highest BCUT2D eigenvalue weighted by atomic mass is 19.4. The van der Waals surface area contributed by atoms with E-state index in [-0.39, 0.29) is 11.7 Å². The lowest BCUT2D eigenvalue weighted by molar-refractivity contribution is -0.137. The number of pyridine rings is 1. The van der Waals surface area contributed by atoms with Crippen LogP contribution in [0.15, 0.2) is 60.8 Å². The minimum Gasteiger partial charge on any atom is -0.467 e. The Bertz CT molecular complexity index is 1220. The van der Waals surface area contributed by atoms with Crippen LogP contribution in [0.1, 0.15) is 11.1 Å². The number of hydrogen-bond acceptors (Lipinski definition) is 5. The number of halogens is 3. The summed E-state index contributed by atoms with van der Waals surface area (Å²) in [5.74, 6) is 0.492. The van der Waals surface area contributed by atoms with Crippen molar-refractivity contribution >= 4 is 22.4 Å². The molecule has 2 heterocycles. The van der Waals surface area contributed by atoms with Gasteiger partial charge in [0.1, 0.15) is 5.82 Å². The maximum atomic E-state index is 13.4. The van der Waals surface area contributed by atoms with Crippen LogP contribution in [-0.2, 0) is 6.18 Å². The van der Waals surface area contributed by atoms with E-state index in [9.17, 15) is 13.2 Å². The number of ether oxygens (including phenoxy) is 1. The number of alkyl halides is 3. The fourth-order valence-electron chi connectivity index (χ4n) is 3.17. The Kier molecular flexibility index (Phi) is 4.99. The zero-order valence-corrected chi connectivity index (χ0v) is 16.2. The molecule has 5 nitrogen and oxygen atoms in total. The third kappa shape index (κ3) is 3.89. The Balaban J connectivity index is 1.85. The Hall–Kier alpha value is -3.68. The topological polar surface area (TPSA) is 59.9 Å². The minimum absolute atomic E-state index is 0.104. The lowest BCUT2D eigenvalue weighted by Crippen LogP contribution is -2.08. The van der Waals surface area contributed by atoms with Gasteiger partial charge in [-0.2, -0.15) is 23.1 Å². The molecular formula is C22H17F3N4O. The number of methoxy groups -OCH3 is 1. The van der Waals surface area contributed by atoms with Crippen molar-refractivity contribution in [2.75, 3.05) is 12.4 Å². The van der Waals surface area contributed by atoms with E-state index in [1.165, 1.54) is 19.4 Å². The summed E-state index contributed by atoms with van der Waals surface area (Å²) in [6, 6.07) is 14.9. The molecule has 0 unspecified atom stereocenters. The van der Waals surface area contributed by atoms with Crippen LogP contribution in [0.2, 0.25) is 0 Å². The maximum Gasteiger partial charge on any atom is 0.418 e. The molecule has 0 aliphatic rings. The molecule has 0 amide bonds. The molecule has 2 aromatic carbocycles. The van der Waals surface area contributed by atoms with Gasteiger partial charge in [-0.15, -0.1) is 0 Å². The monoisotopic (exact) mass is 410 g/mol. The molecule has 4 aromatic rings. The first-order valence-electron chi connectivity index (χ1n) is 9.07.